The van der Waals surface area contributed by atoms with Crippen molar-refractivity contribution >= 4 is 11.5 Å². The van der Waals surface area contributed by atoms with E-state index in [1.165, 1.54) is 0 Å². The fourth-order valence-electron chi connectivity index (χ4n) is 0.774. The van der Waals surface area contributed by atoms with Gasteiger partial charge in [-0.15, -0.1) is 0 Å². The first-order chi connectivity index (χ1) is 6.68. The third-order valence-corrected chi connectivity index (χ3v) is 1.28. The molecule has 3 nitrogen and oxygen atoms in total. The molecule has 1 rings (SSSR count). The largest absolute Gasteiger partial charge is 0.261 e. The van der Waals surface area contributed by atoms with Crippen molar-refractivity contribution in [2.45, 2.75) is 34.6 Å². The van der Waals surface area contributed by atoms with Crippen LogP contribution in [-0.2, 0) is 0 Å². The summed E-state index contributed by atoms with van der Waals surface area (Å²) in [6, 6.07) is 5.79. The van der Waals surface area contributed by atoms with Gasteiger partial charge in [0.25, 0.3) is 0 Å². The second-order valence-electron chi connectivity index (χ2n) is 2.84. The van der Waals surface area contributed by atoms with E-state index < -0.39 is 0 Å². The van der Waals surface area contributed by atoms with Gasteiger partial charge in [-0.2, -0.15) is 5.10 Å². The summed E-state index contributed by atoms with van der Waals surface area (Å²) in [4.78, 5) is 4.23. The SMILES string of the molecule is CC.CC(C)=NNc1cccc(C)n1. The minimum absolute atomic E-state index is 0.788. The van der Waals surface area contributed by atoms with Crippen LogP contribution in [0.1, 0.15) is 33.4 Å². The summed E-state index contributed by atoms with van der Waals surface area (Å²) in [7, 11) is 0. The normalized spacial score (nSPS) is 8.36. The van der Waals surface area contributed by atoms with Gasteiger partial charge < -0.3 is 0 Å². The highest BCUT2D eigenvalue weighted by Gasteiger charge is 1.90. The lowest BCUT2D eigenvalue weighted by Gasteiger charge is -1.99. The number of pyridine rings is 1. The fourth-order valence-corrected chi connectivity index (χ4v) is 0.774. The molecule has 1 N–H and O–H groups in total. The first-order valence-electron chi connectivity index (χ1n) is 4.89. The molecule has 3 heteroatoms. The van der Waals surface area contributed by atoms with E-state index in [1.54, 1.807) is 0 Å². The number of anilines is 1. The number of nitrogens with zero attached hydrogens (tertiary/aromatic N) is 2. The van der Waals surface area contributed by atoms with Gasteiger partial charge in [-0.3, -0.25) is 5.43 Å². The van der Waals surface area contributed by atoms with Gasteiger partial charge in [-0.25, -0.2) is 4.98 Å². The zero-order chi connectivity index (χ0) is 11.0. The molecule has 0 bridgehead atoms. The maximum atomic E-state index is 4.23. The Labute approximate surface area is 86.3 Å². The second-order valence-corrected chi connectivity index (χ2v) is 2.84. The molecule has 0 amide bonds. The Hall–Kier alpha value is -1.38. The third-order valence-electron chi connectivity index (χ3n) is 1.28. The van der Waals surface area contributed by atoms with Crippen molar-refractivity contribution in [3.05, 3.63) is 23.9 Å². The highest BCUT2D eigenvalue weighted by molar-refractivity contribution is 5.79. The van der Waals surface area contributed by atoms with E-state index in [2.05, 4.69) is 15.5 Å². The highest BCUT2D eigenvalue weighted by atomic mass is 15.3. The minimum atomic E-state index is 0.788. The summed E-state index contributed by atoms with van der Waals surface area (Å²) in [5.74, 6) is 0.788. The van der Waals surface area contributed by atoms with Crippen LogP contribution < -0.4 is 5.43 Å². The Morgan fingerprint density at radius 1 is 1.29 bits per heavy atom. The van der Waals surface area contributed by atoms with E-state index in [4.69, 9.17) is 0 Å². The number of aryl methyl sites for hydroxylation is 1. The quantitative estimate of drug-likeness (QED) is 0.578. The standard InChI is InChI=1S/C9H13N3.C2H6/c1-7(2)11-12-9-6-4-5-8(3)10-9;1-2/h4-6H,1-3H3,(H,10,12);1-2H3. The first-order valence-corrected chi connectivity index (χ1v) is 4.89. The maximum Gasteiger partial charge on any atom is 0.146 e. The van der Waals surface area contributed by atoms with Gasteiger partial charge in [-0.05, 0) is 32.9 Å². The summed E-state index contributed by atoms with van der Waals surface area (Å²) >= 11 is 0. The third kappa shape index (κ3) is 5.30. The molecule has 0 spiro atoms. The molecule has 14 heavy (non-hydrogen) atoms. The molecule has 0 aromatic carbocycles. The molecule has 0 aliphatic rings. The van der Waals surface area contributed by atoms with Crippen LogP contribution in [0.15, 0.2) is 23.3 Å². The molecule has 0 saturated heterocycles. The van der Waals surface area contributed by atoms with Crippen LogP contribution in [0, 0.1) is 6.92 Å². The molecule has 0 aliphatic carbocycles. The summed E-state index contributed by atoms with van der Waals surface area (Å²) in [5, 5.41) is 4.04. The van der Waals surface area contributed by atoms with Crippen molar-refractivity contribution < 1.29 is 0 Å². The summed E-state index contributed by atoms with van der Waals surface area (Å²) in [6.45, 7) is 9.82. The van der Waals surface area contributed by atoms with Crippen molar-refractivity contribution in [2.75, 3.05) is 5.43 Å². The number of rotatable bonds is 2. The molecule has 1 aromatic heterocycles. The van der Waals surface area contributed by atoms with Crippen molar-refractivity contribution in [1.82, 2.24) is 4.98 Å². The van der Waals surface area contributed by atoms with Gasteiger partial charge in [0.2, 0.25) is 0 Å². The van der Waals surface area contributed by atoms with Crippen molar-refractivity contribution in [3.63, 3.8) is 0 Å². The zero-order valence-electron chi connectivity index (χ0n) is 9.63. The fraction of sp³-hybridized carbons (Fsp3) is 0.455. The van der Waals surface area contributed by atoms with Crippen molar-refractivity contribution in [3.8, 4) is 0 Å². The van der Waals surface area contributed by atoms with Crippen LogP contribution in [0.25, 0.3) is 0 Å². The molecular formula is C11H19N3. The Morgan fingerprint density at radius 3 is 2.43 bits per heavy atom. The second kappa shape index (κ2) is 7.06. The monoisotopic (exact) mass is 193 g/mol. The van der Waals surface area contributed by atoms with Gasteiger partial charge in [0.1, 0.15) is 5.82 Å². The summed E-state index contributed by atoms with van der Waals surface area (Å²) in [5.41, 5.74) is 4.84. The molecule has 0 saturated carbocycles. The van der Waals surface area contributed by atoms with Crippen molar-refractivity contribution in [2.24, 2.45) is 5.10 Å². The molecule has 0 unspecified atom stereocenters. The topological polar surface area (TPSA) is 37.3 Å². The smallest absolute Gasteiger partial charge is 0.146 e. The molecule has 1 aromatic rings. The van der Waals surface area contributed by atoms with Crippen LogP contribution >= 0.6 is 0 Å². The molecule has 0 fully saturated rings. The van der Waals surface area contributed by atoms with E-state index in [9.17, 15) is 0 Å². The Kier molecular flexibility index (Phi) is 6.37. The van der Waals surface area contributed by atoms with Gasteiger partial charge in [-0.1, -0.05) is 19.9 Å². The van der Waals surface area contributed by atoms with Gasteiger partial charge in [0.15, 0.2) is 0 Å². The zero-order valence-corrected chi connectivity index (χ0v) is 9.63. The van der Waals surface area contributed by atoms with E-state index in [-0.39, 0.29) is 0 Å². The average molecular weight is 193 g/mol. The predicted octanol–water partition coefficient (Wildman–Crippen LogP) is 3.22. The van der Waals surface area contributed by atoms with Crippen LogP contribution in [0.2, 0.25) is 0 Å². The van der Waals surface area contributed by atoms with Crippen LogP contribution in [0.3, 0.4) is 0 Å². The van der Waals surface area contributed by atoms with Gasteiger partial charge >= 0.3 is 0 Å². The van der Waals surface area contributed by atoms with Gasteiger partial charge in [0.05, 0.1) is 0 Å². The van der Waals surface area contributed by atoms with Crippen molar-refractivity contribution in [1.29, 1.82) is 0 Å². The minimum Gasteiger partial charge on any atom is -0.261 e. The predicted molar refractivity (Wildman–Crippen MR) is 62.7 cm³/mol. The Morgan fingerprint density at radius 2 is 1.93 bits per heavy atom. The van der Waals surface area contributed by atoms with E-state index in [0.717, 1.165) is 17.2 Å². The summed E-state index contributed by atoms with van der Waals surface area (Å²) < 4.78 is 0. The highest BCUT2D eigenvalue weighted by Crippen LogP contribution is 2.03. The number of aromatic nitrogens is 1. The molecule has 1 heterocycles. The van der Waals surface area contributed by atoms with Crippen LogP contribution in [-0.4, -0.2) is 10.7 Å². The summed E-state index contributed by atoms with van der Waals surface area (Å²) in [6.07, 6.45) is 0. The number of hydrogen-bond donors (Lipinski definition) is 1. The average Bonchev–Trinajstić information content (AvgIpc) is 2.18. The lowest BCUT2D eigenvalue weighted by Crippen LogP contribution is -1.95. The van der Waals surface area contributed by atoms with E-state index >= 15 is 0 Å². The van der Waals surface area contributed by atoms with Gasteiger partial charge in [0, 0.05) is 11.4 Å². The van der Waals surface area contributed by atoms with Crippen LogP contribution in [0.4, 0.5) is 5.82 Å². The lowest BCUT2D eigenvalue weighted by molar-refractivity contribution is 1.16. The molecular weight excluding hydrogens is 174 g/mol. The molecule has 0 atom stereocenters. The number of nitrogens with one attached hydrogen (secondary N) is 1. The Bertz CT molecular complexity index is 288. The number of hydrazone groups is 1. The number of hydrogen-bond acceptors (Lipinski definition) is 3. The Balaban J connectivity index is 0.000000791. The first kappa shape index (κ1) is 12.6. The molecule has 0 radical (unpaired) electrons. The van der Waals surface area contributed by atoms with Crippen LogP contribution in [0.5, 0.6) is 0 Å². The maximum absolute atomic E-state index is 4.23. The lowest BCUT2D eigenvalue weighted by atomic mass is 10.4. The molecule has 78 valence electrons. The molecule has 0 aliphatic heterocycles. The van der Waals surface area contributed by atoms with E-state index in [1.807, 2.05) is 52.8 Å². The van der Waals surface area contributed by atoms with E-state index in [0.29, 0.717) is 0 Å².